The fourth-order valence-electron chi connectivity index (χ4n) is 5.59. The van der Waals surface area contributed by atoms with Crippen molar-refractivity contribution in [3.8, 4) is 11.5 Å². The average molecular weight is 574 g/mol. The molecule has 0 spiro atoms. The molecule has 40 heavy (non-hydrogen) atoms. The van der Waals surface area contributed by atoms with Gasteiger partial charge in [-0.15, -0.1) is 0 Å². The van der Waals surface area contributed by atoms with E-state index < -0.39 is 46.9 Å². The molecule has 11 heteroatoms. The number of alkyl halides is 7. The Labute approximate surface area is 227 Å². The van der Waals surface area contributed by atoms with E-state index in [1.165, 1.54) is 11.8 Å². The van der Waals surface area contributed by atoms with Crippen LogP contribution in [0.1, 0.15) is 67.8 Å². The van der Waals surface area contributed by atoms with E-state index in [-0.39, 0.29) is 30.7 Å². The lowest BCUT2D eigenvalue weighted by Gasteiger charge is -2.51. The van der Waals surface area contributed by atoms with Crippen molar-refractivity contribution in [1.29, 1.82) is 0 Å². The number of hydrogen-bond acceptors (Lipinski definition) is 4. The third kappa shape index (κ3) is 5.94. The van der Waals surface area contributed by atoms with Crippen molar-refractivity contribution < 1.29 is 45.0 Å². The fraction of sp³-hybridized carbons (Fsp3) is 0.552. The molecule has 2 heterocycles. The molecule has 0 amide bonds. The molecule has 2 unspecified atom stereocenters. The van der Waals surface area contributed by atoms with E-state index >= 15 is 4.39 Å². The number of carbonyl (C=O) groups is 1. The lowest BCUT2D eigenvalue weighted by Crippen LogP contribution is -2.66. The van der Waals surface area contributed by atoms with Gasteiger partial charge in [-0.1, -0.05) is 25.8 Å². The number of likely N-dealkylation sites (tertiary alicyclic amines) is 1. The molecule has 3 atom stereocenters. The van der Waals surface area contributed by atoms with Crippen LogP contribution in [0.2, 0.25) is 0 Å². The molecular weight excluding hydrogens is 543 g/mol. The minimum Gasteiger partial charge on any atom is -0.487 e. The highest BCUT2D eigenvalue weighted by atomic mass is 19.4. The Balaban J connectivity index is 1.26. The van der Waals surface area contributed by atoms with Gasteiger partial charge in [0.25, 0.3) is 0 Å². The molecule has 0 aromatic heterocycles. The van der Waals surface area contributed by atoms with Gasteiger partial charge in [0.15, 0.2) is 5.67 Å². The van der Waals surface area contributed by atoms with Crippen LogP contribution in [0.5, 0.6) is 11.5 Å². The maximum atomic E-state index is 15.9. The second kappa shape index (κ2) is 10.2. The van der Waals surface area contributed by atoms with Crippen molar-refractivity contribution in [1.82, 2.24) is 4.90 Å². The van der Waals surface area contributed by atoms with Crippen LogP contribution in [-0.2, 0) is 23.6 Å². The average Bonchev–Trinajstić information content (AvgIpc) is 3.68. The summed E-state index contributed by atoms with van der Waals surface area (Å²) in [6.45, 7) is 2.56. The second-order valence-corrected chi connectivity index (χ2v) is 11.3. The summed E-state index contributed by atoms with van der Waals surface area (Å²) in [5.74, 6) is 0.626. The van der Waals surface area contributed by atoms with Crippen LogP contribution in [0.4, 0.5) is 30.7 Å². The zero-order valence-corrected chi connectivity index (χ0v) is 22.0. The first kappa shape index (κ1) is 28.7. The van der Waals surface area contributed by atoms with Gasteiger partial charge in [-0.25, -0.2) is 4.39 Å². The number of carbonyl (C=O) groups excluding carboxylic acids is 1. The predicted octanol–water partition coefficient (Wildman–Crippen LogP) is 7.54. The number of aryl methyl sites for hydroxylation is 1. The molecule has 0 radical (unpaired) electrons. The predicted molar refractivity (Wildman–Crippen MR) is 132 cm³/mol. The third-order valence-electron chi connectivity index (χ3n) is 8.18. The molecular formula is C29H30F7NO3. The molecule has 1 saturated heterocycles. The summed E-state index contributed by atoms with van der Waals surface area (Å²) in [6.07, 6.45) is -6.77. The van der Waals surface area contributed by atoms with E-state index in [2.05, 4.69) is 0 Å². The van der Waals surface area contributed by atoms with E-state index in [1.807, 2.05) is 6.92 Å². The Hall–Kier alpha value is -2.82. The molecule has 218 valence electrons. The Morgan fingerprint density at radius 1 is 1.02 bits per heavy atom. The van der Waals surface area contributed by atoms with Crippen LogP contribution in [0, 0.1) is 11.8 Å². The van der Waals surface area contributed by atoms with Crippen molar-refractivity contribution in [2.75, 3.05) is 13.1 Å². The molecule has 0 N–H and O–H groups in total. The molecule has 4 nitrogen and oxygen atoms in total. The van der Waals surface area contributed by atoms with Crippen molar-refractivity contribution >= 4 is 5.97 Å². The molecule has 5 rings (SSSR count). The number of hydrogen-bond donors (Lipinski definition) is 0. The quantitative estimate of drug-likeness (QED) is 0.195. The van der Waals surface area contributed by atoms with E-state index in [9.17, 15) is 31.1 Å². The van der Waals surface area contributed by atoms with Gasteiger partial charge >= 0.3 is 18.3 Å². The Kier molecular flexibility index (Phi) is 7.34. The van der Waals surface area contributed by atoms with Gasteiger partial charge in [0, 0.05) is 25.2 Å². The monoisotopic (exact) mass is 573 g/mol. The van der Waals surface area contributed by atoms with Gasteiger partial charge in [-0.3, -0.25) is 9.69 Å². The first-order chi connectivity index (χ1) is 18.6. The highest BCUT2D eigenvalue weighted by Gasteiger charge is 2.54. The molecule has 1 saturated carbocycles. The first-order valence-corrected chi connectivity index (χ1v) is 13.4. The van der Waals surface area contributed by atoms with Crippen LogP contribution in [0.15, 0.2) is 36.4 Å². The standard InChI is InChI=1S/C29H30F7NO3/c1-16(11-18-3-4-18)26(38)39-21-8-5-19-6-10-25(40-24(19)13-21)27(30)14-37(15-27)17(2)22-12-20(28(31,32)33)7-9-23(22)29(34,35)36/h5,7-9,12-13,16-18,25H,3-4,6,10-11,14-15H2,1-2H3/t16?,17-,25?/m1/s1. The van der Waals surface area contributed by atoms with Crippen LogP contribution in [-0.4, -0.2) is 35.7 Å². The second-order valence-electron chi connectivity index (χ2n) is 11.3. The molecule has 2 aromatic carbocycles. The highest BCUT2D eigenvalue weighted by molar-refractivity contribution is 5.75. The lowest BCUT2D eigenvalue weighted by atomic mass is 9.82. The topological polar surface area (TPSA) is 38.8 Å². The van der Waals surface area contributed by atoms with E-state index in [0.717, 1.165) is 24.8 Å². The van der Waals surface area contributed by atoms with Crippen molar-refractivity contribution in [3.05, 3.63) is 58.7 Å². The minimum atomic E-state index is -4.86. The summed E-state index contributed by atoms with van der Waals surface area (Å²) in [4.78, 5) is 13.8. The minimum absolute atomic E-state index is 0.246. The number of rotatable bonds is 7. The van der Waals surface area contributed by atoms with E-state index in [1.54, 1.807) is 18.2 Å². The SMILES string of the molecule is CC(CC1CC1)C(=O)Oc1ccc2c(c1)OC(C1(F)CN([C@H](C)c3cc(C(F)(F)F)ccc3C(F)(F)F)C1)CC2. The third-order valence-corrected chi connectivity index (χ3v) is 8.18. The summed E-state index contributed by atoms with van der Waals surface area (Å²) in [7, 11) is 0. The number of benzene rings is 2. The Morgan fingerprint density at radius 3 is 2.35 bits per heavy atom. The normalized spacial score (nSPS) is 22.5. The lowest BCUT2D eigenvalue weighted by molar-refractivity contribution is -0.144. The molecule has 2 fully saturated rings. The van der Waals surface area contributed by atoms with Gasteiger partial charge in [-0.2, -0.15) is 26.3 Å². The molecule has 1 aliphatic carbocycles. The first-order valence-electron chi connectivity index (χ1n) is 13.4. The molecule has 0 bridgehead atoms. The zero-order chi connectivity index (χ0) is 29.0. The van der Waals surface area contributed by atoms with Gasteiger partial charge in [0.05, 0.1) is 17.0 Å². The number of halogens is 7. The largest absolute Gasteiger partial charge is 0.487 e. The summed E-state index contributed by atoms with van der Waals surface area (Å²) in [5, 5.41) is 0. The molecule has 2 aromatic rings. The molecule has 3 aliphatic rings. The number of ether oxygens (including phenoxy) is 2. The molecule has 2 aliphatic heterocycles. The van der Waals surface area contributed by atoms with Crippen molar-refractivity contribution in [2.24, 2.45) is 11.8 Å². The summed E-state index contributed by atoms with van der Waals surface area (Å²) >= 11 is 0. The van der Waals surface area contributed by atoms with E-state index in [0.29, 0.717) is 42.7 Å². The maximum absolute atomic E-state index is 15.9. The van der Waals surface area contributed by atoms with Gasteiger partial charge in [-0.05, 0) is 67.5 Å². The van der Waals surface area contributed by atoms with Gasteiger partial charge in [0.2, 0.25) is 0 Å². The summed E-state index contributed by atoms with van der Waals surface area (Å²) in [5.41, 5.74) is -4.02. The van der Waals surface area contributed by atoms with Gasteiger partial charge < -0.3 is 9.47 Å². The fourth-order valence-corrected chi connectivity index (χ4v) is 5.59. The smallest absolute Gasteiger partial charge is 0.416 e. The van der Waals surface area contributed by atoms with Crippen LogP contribution >= 0.6 is 0 Å². The van der Waals surface area contributed by atoms with Crippen molar-refractivity contribution in [3.63, 3.8) is 0 Å². The summed E-state index contributed by atoms with van der Waals surface area (Å²) < 4.78 is 108. The van der Waals surface area contributed by atoms with Crippen molar-refractivity contribution in [2.45, 2.75) is 76.1 Å². The van der Waals surface area contributed by atoms with Crippen LogP contribution in [0.25, 0.3) is 0 Å². The van der Waals surface area contributed by atoms with E-state index in [4.69, 9.17) is 9.47 Å². The highest BCUT2D eigenvalue weighted by Crippen LogP contribution is 2.45. The summed E-state index contributed by atoms with van der Waals surface area (Å²) in [6, 6.07) is 5.18. The maximum Gasteiger partial charge on any atom is 0.416 e. The Bertz CT molecular complexity index is 1270. The van der Waals surface area contributed by atoms with Crippen LogP contribution < -0.4 is 9.47 Å². The van der Waals surface area contributed by atoms with Crippen LogP contribution in [0.3, 0.4) is 0 Å². The Morgan fingerprint density at radius 2 is 1.73 bits per heavy atom. The number of fused-ring (bicyclic) bond motifs is 1. The number of nitrogens with zero attached hydrogens (tertiary/aromatic N) is 1. The number of esters is 1. The zero-order valence-electron chi connectivity index (χ0n) is 22.0. The van der Waals surface area contributed by atoms with Gasteiger partial charge in [0.1, 0.15) is 17.6 Å².